The molecule has 0 saturated carbocycles. The van der Waals surface area contributed by atoms with Crippen LogP contribution in [-0.4, -0.2) is 40.2 Å². The first kappa shape index (κ1) is 15.9. The van der Waals surface area contributed by atoms with Crippen LogP contribution in [0.3, 0.4) is 0 Å². The van der Waals surface area contributed by atoms with E-state index < -0.39 is 37.0 Å². The molecule has 136 valence electrons. The average Bonchev–Trinajstić information content (AvgIpc) is 3.02. The van der Waals surface area contributed by atoms with Crippen molar-refractivity contribution in [3.8, 4) is 5.75 Å². The van der Waals surface area contributed by atoms with Crippen LogP contribution in [-0.2, 0) is 29.1 Å². The number of hydrogen-bond acceptors (Lipinski definition) is 5. The molecule has 1 atom stereocenters. The maximum absolute atomic E-state index is 12.6. The summed E-state index contributed by atoms with van der Waals surface area (Å²) in [6.45, 7) is -4.12. The lowest BCUT2D eigenvalue weighted by Crippen LogP contribution is -2.24. The van der Waals surface area contributed by atoms with Gasteiger partial charge in [0.25, 0.3) is 0 Å². The third kappa shape index (κ3) is 5.49. The van der Waals surface area contributed by atoms with Gasteiger partial charge in [-0.2, -0.15) is 18.3 Å². The van der Waals surface area contributed by atoms with Crippen molar-refractivity contribution in [3.63, 3.8) is 0 Å². The first-order valence-electron chi connectivity index (χ1n) is 8.15. The Bertz CT molecular complexity index is 796. The van der Waals surface area contributed by atoms with Crippen molar-refractivity contribution in [2.45, 2.75) is 31.8 Å². The number of para-hydroxylation sites is 1. The zero-order valence-corrected chi connectivity index (χ0v) is 13.2. The molecular weight excluding hydrogens is 341 g/mol. The molecule has 0 radical (unpaired) electrons. The Labute approximate surface area is 144 Å². The number of benzene rings is 1. The highest BCUT2D eigenvalue weighted by molar-refractivity contribution is 5.74. The minimum absolute atomic E-state index is 0.0368. The number of aliphatic hydroxyl groups is 1. The molecule has 0 bridgehead atoms. The van der Waals surface area contributed by atoms with Gasteiger partial charge in [0.05, 0.1) is 15.5 Å². The number of nitrogens with zero attached hydrogens (tertiary/aromatic N) is 2. The van der Waals surface area contributed by atoms with Crippen LogP contribution in [0.1, 0.15) is 14.0 Å². The van der Waals surface area contributed by atoms with Crippen LogP contribution >= 0.6 is 0 Å². The van der Waals surface area contributed by atoms with Crippen molar-refractivity contribution in [2.24, 2.45) is 0 Å². The van der Waals surface area contributed by atoms with Crippen LogP contribution in [0.5, 0.6) is 5.75 Å². The number of hydrogen-bond donors (Lipinski definition) is 1. The number of rotatable bonds is 7. The molecule has 0 aliphatic rings. The molecule has 1 heterocycles. The standard InChI is InChI=1S/C16H17F3N2O4/c1-24-15(23)13(22)8-11-4-2-3-5-14(11)25-9-12-6-7-20-21(12)10-16(17,18)19/h2-7,13,22H,8-10H2,1H3/i9D2. The largest absolute Gasteiger partial charge is 0.487 e. The van der Waals surface area contributed by atoms with Crippen LogP contribution in [0.2, 0.25) is 0 Å². The lowest BCUT2D eigenvalue weighted by Gasteiger charge is -2.15. The molecule has 6 nitrogen and oxygen atoms in total. The highest BCUT2D eigenvalue weighted by Gasteiger charge is 2.29. The molecule has 0 aliphatic carbocycles. The van der Waals surface area contributed by atoms with E-state index in [1.807, 2.05) is 0 Å². The fourth-order valence-corrected chi connectivity index (χ4v) is 2.02. The van der Waals surface area contributed by atoms with Crippen molar-refractivity contribution in [1.82, 2.24) is 9.78 Å². The molecule has 1 N–H and O–H groups in total. The van der Waals surface area contributed by atoms with Crippen molar-refractivity contribution in [3.05, 3.63) is 47.8 Å². The minimum Gasteiger partial charge on any atom is -0.487 e. The number of aromatic nitrogens is 2. The second kappa shape index (κ2) is 8.02. The molecule has 2 rings (SSSR count). The van der Waals surface area contributed by atoms with E-state index in [-0.39, 0.29) is 17.7 Å². The Morgan fingerprint density at radius 1 is 1.40 bits per heavy atom. The number of aliphatic hydroxyl groups excluding tert-OH is 1. The predicted octanol–water partition coefficient (Wildman–Crippen LogP) is 2.10. The Morgan fingerprint density at radius 3 is 2.80 bits per heavy atom. The topological polar surface area (TPSA) is 73.6 Å². The van der Waals surface area contributed by atoms with E-state index in [1.165, 1.54) is 18.2 Å². The van der Waals surface area contributed by atoms with E-state index in [0.717, 1.165) is 19.4 Å². The van der Waals surface area contributed by atoms with Gasteiger partial charge < -0.3 is 14.6 Å². The van der Waals surface area contributed by atoms with E-state index in [2.05, 4.69) is 9.84 Å². The third-order valence-electron chi connectivity index (χ3n) is 3.17. The maximum Gasteiger partial charge on any atom is 0.408 e. The molecule has 0 fully saturated rings. The quantitative estimate of drug-likeness (QED) is 0.766. The summed E-state index contributed by atoms with van der Waals surface area (Å²) in [6.07, 6.45) is -5.27. The SMILES string of the molecule is [2H]C([2H])(Oc1ccccc1CC(O)C(=O)OC)c1ccnn1CC(F)(F)F. The van der Waals surface area contributed by atoms with Crippen LogP contribution < -0.4 is 4.74 Å². The Hall–Kier alpha value is -2.55. The van der Waals surface area contributed by atoms with Gasteiger partial charge in [-0.15, -0.1) is 0 Å². The number of carbonyl (C=O) groups excluding carboxylic acids is 1. The fraction of sp³-hybridized carbons (Fsp3) is 0.375. The van der Waals surface area contributed by atoms with Crippen LogP contribution in [0.25, 0.3) is 0 Å². The predicted molar refractivity (Wildman–Crippen MR) is 80.8 cm³/mol. The number of ether oxygens (including phenoxy) is 2. The van der Waals surface area contributed by atoms with Gasteiger partial charge in [-0.05, 0) is 17.7 Å². The van der Waals surface area contributed by atoms with E-state index in [0.29, 0.717) is 4.68 Å². The van der Waals surface area contributed by atoms with Crippen molar-refractivity contribution in [2.75, 3.05) is 7.11 Å². The maximum atomic E-state index is 12.6. The third-order valence-corrected chi connectivity index (χ3v) is 3.17. The first-order chi connectivity index (χ1) is 12.5. The summed E-state index contributed by atoms with van der Waals surface area (Å²) in [7, 11) is 1.11. The molecule has 9 heteroatoms. The summed E-state index contributed by atoms with van der Waals surface area (Å²) in [5.74, 6) is -0.915. The van der Waals surface area contributed by atoms with Gasteiger partial charge in [0.15, 0.2) is 6.10 Å². The Morgan fingerprint density at radius 2 is 2.12 bits per heavy atom. The molecular formula is C16H17F3N2O4. The smallest absolute Gasteiger partial charge is 0.408 e. The number of methoxy groups -OCH3 is 1. The van der Waals surface area contributed by atoms with Gasteiger partial charge in [0.2, 0.25) is 0 Å². The number of esters is 1. The van der Waals surface area contributed by atoms with Gasteiger partial charge in [-0.1, -0.05) is 18.2 Å². The molecule has 0 amide bonds. The first-order valence-corrected chi connectivity index (χ1v) is 7.15. The average molecular weight is 360 g/mol. The van der Waals surface area contributed by atoms with Gasteiger partial charge in [-0.3, -0.25) is 4.68 Å². The minimum atomic E-state index is -4.58. The number of halogens is 3. The van der Waals surface area contributed by atoms with Crippen LogP contribution in [0.15, 0.2) is 36.5 Å². The van der Waals surface area contributed by atoms with Gasteiger partial charge in [0.1, 0.15) is 18.9 Å². The second-order valence-electron chi connectivity index (χ2n) is 5.04. The second-order valence-corrected chi connectivity index (χ2v) is 5.04. The summed E-state index contributed by atoms with van der Waals surface area (Å²) in [5.41, 5.74) is -0.149. The summed E-state index contributed by atoms with van der Waals surface area (Å²) < 4.78 is 64.1. The highest BCUT2D eigenvalue weighted by atomic mass is 19.4. The molecule has 2 aromatic rings. The molecule has 1 aromatic heterocycles. The van der Waals surface area contributed by atoms with Crippen molar-refractivity contribution in [1.29, 1.82) is 0 Å². The molecule has 1 aromatic carbocycles. The normalized spacial score (nSPS) is 14.4. The van der Waals surface area contributed by atoms with Gasteiger partial charge in [0, 0.05) is 12.6 Å². The number of alkyl halides is 3. The van der Waals surface area contributed by atoms with Crippen molar-refractivity contribution < 1.29 is 35.3 Å². The van der Waals surface area contributed by atoms with Gasteiger partial charge >= 0.3 is 12.1 Å². The number of carbonyl (C=O) groups is 1. The Kier molecular flexibility index (Phi) is 5.11. The van der Waals surface area contributed by atoms with E-state index in [1.54, 1.807) is 6.07 Å². The molecule has 1 unspecified atom stereocenters. The summed E-state index contributed by atoms with van der Waals surface area (Å²) in [5, 5.41) is 13.3. The van der Waals surface area contributed by atoms with E-state index in [9.17, 15) is 23.1 Å². The highest BCUT2D eigenvalue weighted by Crippen LogP contribution is 2.22. The molecule has 0 saturated heterocycles. The molecule has 25 heavy (non-hydrogen) atoms. The van der Waals surface area contributed by atoms with E-state index in [4.69, 9.17) is 7.48 Å². The zero-order chi connectivity index (χ0) is 20.2. The van der Waals surface area contributed by atoms with Crippen molar-refractivity contribution >= 4 is 5.97 Å². The van der Waals surface area contributed by atoms with E-state index >= 15 is 0 Å². The zero-order valence-electron chi connectivity index (χ0n) is 15.2. The summed E-state index contributed by atoms with van der Waals surface area (Å²) in [4.78, 5) is 11.4. The summed E-state index contributed by atoms with van der Waals surface area (Å²) >= 11 is 0. The monoisotopic (exact) mass is 360 g/mol. The molecule has 0 aliphatic heterocycles. The molecule has 0 spiro atoms. The van der Waals surface area contributed by atoms with Gasteiger partial charge in [-0.25, -0.2) is 4.79 Å². The Balaban J connectivity index is 2.26. The fourth-order valence-electron chi connectivity index (χ4n) is 2.02. The lowest BCUT2D eigenvalue weighted by molar-refractivity contribution is -0.150. The summed E-state index contributed by atoms with van der Waals surface area (Å²) in [6, 6.07) is 7.05. The van der Waals surface area contributed by atoms with Crippen LogP contribution in [0, 0.1) is 0 Å². The van der Waals surface area contributed by atoms with Crippen LogP contribution in [0.4, 0.5) is 13.2 Å². The lowest BCUT2D eigenvalue weighted by atomic mass is 10.1.